The molecule has 1 aliphatic rings. The quantitative estimate of drug-likeness (QED) is 0.784. The minimum Gasteiger partial charge on any atom is -0.436 e. The van der Waals surface area contributed by atoms with Crippen molar-refractivity contribution in [1.29, 1.82) is 0 Å². The second kappa shape index (κ2) is 6.97. The third kappa shape index (κ3) is 4.31. The van der Waals surface area contributed by atoms with Crippen LogP contribution in [0.2, 0.25) is 0 Å². The normalized spacial score (nSPS) is 16.8. The monoisotopic (exact) mass is 374 g/mol. The van der Waals surface area contributed by atoms with E-state index in [9.17, 15) is 0 Å². The minimum atomic E-state index is 0. The van der Waals surface area contributed by atoms with Crippen LogP contribution in [0, 0.1) is 12.1 Å². The Morgan fingerprint density at radius 2 is 2.27 bits per heavy atom. The maximum Gasteiger partial charge on any atom is 0.00627 e. The molecule has 1 aromatic heterocycles. The second-order valence-corrected chi connectivity index (χ2v) is 3.75. The number of hydrogen-bond donors (Lipinski definition) is 2. The van der Waals surface area contributed by atoms with E-state index in [4.69, 9.17) is 0 Å². The molecule has 15 heavy (non-hydrogen) atoms. The first-order valence-electron chi connectivity index (χ1n) is 5.22. The van der Waals surface area contributed by atoms with Gasteiger partial charge in [0.2, 0.25) is 0 Å². The Morgan fingerprint density at radius 1 is 1.47 bits per heavy atom. The van der Waals surface area contributed by atoms with Crippen molar-refractivity contribution in [3.8, 4) is 0 Å². The molecule has 1 aliphatic heterocycles. The van der Waals surface area contributed by atoms with Gasteiger partial charge < -0.3 is 15.6 Å². The Hall–Kier alpha value is -0.402. The molecule has 0 aliphatic carbocycles. The van der Waals surface area contributed by atoms with Gasteiger partial charge >= 0.3 is 0 Å². The van der Waals surface area contributed by atoms with Crippen molar-refractivity contribution in [2.75, 3.05) is 25.0 Å². The Bertz CT molecular complexity index is 260. The number of hydrogen-bond acceptors (Lipinski definition) is 3. The maximum atomic E-state index is 3.87. The topological polar surface area (TPSA) is 37.0 Å². The first-order valence-corrected chi connectivity index (χ1v) is 5.22. The van der Waals surface area contributed by atoms with Gasteiger partial charge in [-0.2, -0.15) is 0 Å². The summed E-state index contributed by atoms with van der Waals surface area (Å²) in [5.41, 5.74) is 1.12. The van der Waals surface area contributed by atoms with E-state index in [1.807, 2.05) is 12.1 Å². The number of pyridine rings is 1. The molecule has 0 unspecified atom stereocenters. The predicted molar refractivity (Wildman–Crippen MR) is 57.2 cm³/mol. The van der Waals surface area contributed by atoms with Crippen molar-refractivity contribution in [1.82, 2.24) is 10.3 Å². The molecule has 4 heteroatoms. The number of aromatic nitrogens is 1. The van der Waals surface area contributed by atoms with Gasteiger partial charge in [-0.25, -0.2) is 0 Å². The molecule has 2 N–H and O–H groups in total. The van der Waals surface area contributed by atoms with Crippen molar-refractivity contribution >= 4 is 5.69 Å². The van der Waals surface area contributed by atoms with E-state index in [1.54, 1.807) is 6.20 Å². The Kier molecular flexibility index (Phi) is 5.88. The van der Waals surface area contributed by atoms with Gasteiger partial charge in [-0.15, -0.1) is 12.1 Å². The average molecular weight is 374 g/mol. The summed E-state index contributed by atoms with van der Waals surface area (Å²) in [6, 6.07) is 3.87. The van der Waals surface area contributed by atoms with Gasteiger partial charge in [0, 0.05) is 27.6 Å². The summed E-state index contributed by atoms with van der Waals surface area (Å²) >= 11 is 0. The molecule has 1 fully saturated rings. The molecule has 0 aromatic carbocycles. The fourth-order valence-electron chi connectivity index (χ4n) is 1.77. The number of piperidine rings is 1. The zero-order valence-electron chi connectivity index (χ0n) is 8.70. The zero-order valence-corrected chi connectivity index (χ0v) is 11.6. The summed E-state index contributed by atoms with van der Waals surface area (Å²) in [6.45, 7) is 3.39. The van der Waals surface area contributed by atoms with Crippen molar-refractivity contribution in [3.05, 3.63) is 24.5 Å². The first-order chi connectivity index (χ1) is 6.95. The van der Waals surface area contributed by atoms with Crippen LogP contribution in [0.4, 0.5) is 5.69 Å². The third-order valence-corrected chi connectivity index (χ3v) is 2.68. The standard InChI is InChI=1S/C11H16N3.W/c1-5-12-6-2-10(1)9-14-11-3-7-13-8-4-11;/h3-4,7,10,12H,1-2,5-6,9H2,(H,13,14);/q-1;. The molecular weight excluding hydrogens is 358 g/mol. The second-order valence-electron chi connectivity index (χ2n) is 3.75. The van der Waals surface area contributed by atoms with Crippen LogP contribution in [0.5, 0.6) is 0 Å². The number of nitrogens with zero attached hydrogens (tertiary/aromatic N) is 1. The largest absolute Gasteiger partial charge is 0.436 e. The van der Waals surface area contributed by atoms with E-state index < -0.39 is 0 Å². The van der Waals surface area contributed by atoms with Gasteiger partial charge in [0.15, 0.2) is 0 Å². The van der Waals surface area contributed by atoms with E-state index in [0.29, 0.717) is 0 Å². The Labute approximate surface area is 105 Å². The molecule has 1 saturated heterocycles. The number of nitrogens with one attached hydrogen (secondary N) is 2. The molecule has 2 heterocycles. The van der Waals surface area contributed by atoms with E-state index in [1.165, 1.54) is 12.8 Å². The number of anilines is 1. The SMILES string of the molecule is [W].[c-]1cc(NCC2CCNCC2)ccn1. The molecule has 1 aromatic rings. The predicted octanol–water partition coefficient (Wildman–Crippen LogP) is 1.29. The van der Waals surface area contributed by atoms with Crippen molar-refractivity contribution in [2.45, 2.75) is 12.8 Å². The maximum absolute atomic E-state index is 3.87. The van der Waals surface area contributed by atoms with Crippen LogP contribution in [0.25, 0.3) is 0 Å². The van der Waals surface area contributed by atoms with Gasteiger partial charge in [-0.1, -0.05) is 18.1 Å². The first kappa shape index (κ1) is 12.7. The van der Waals surface area contributed by atoms with Gasteiger partial charge in [0.1, 0.15) is 0 Å². The molecule has 82 valence electrons. The molecule has 0 bridgehead atoms. The van der Waals surface area contributed by atoms with Crippen molar-refractivity contribution in [3.63, 3.8) is 0 Å². The fourth-order valence-corrected chi connectivity index (χ4v) is 1.77. The van der Waals surface area contributed by atoms with Crippen LogP contribution in [0.1, 0.15) is 12.8 Å². The molecule has 0 radical (unpaired) electrons. The van der Waals surface area contributed by atoms with E-state index in [-0.39, 0.29) is 21.1 Å². The smallest absolute Gasteiger partial charge is 0.00627 e. The van der Waals surface area contributed by atoms with Crippen LogP contribution in [-0.4, -0.2) is 24.6 Å². The van der Waals surface area contributed by atoms with Gasteiger partial charge in [0.25, 0.3) is 0 Å². The fraction of sp³-hybridized carbons (Fsp3) is 0.545. The molecule has 0 spiro atoms. The van der Waals surface area contributed by atoms with Crippen molar-refractivity contribution < 1.29 is 21.1 Å². The molecule has 0 atom stereocenters. The van der Waals surface area contributed by atoms with Crippen LogP contribution in [-0.2, 0) is 21.1 Å². The third-order valence-electron chi connectivity index (χ3n) is 2.68. The average Bonchev–Trinajstić information content (AvgIpc) is 2.29. The molecule has 0 amide bonds. The molecular formula is C11H16N3W-. The minimum absolute atomic E-state index is 0. The van der Waals surface area contributed by atoms with Crippen LogP contribution >= 0.6 is 0 Å². The van der Waals surface area contributed by atoms with Gasteiger partial charge in [-0.3, -0.25) is 0 Å². The summed E-state index contributed by atoms with van der Waals surface area (Å²) in [5.74, 6) is 0.810. The van der Waals surface area contributed by atoms with E-state index in [0.717, 1.165) is 31.2 Å². The Balaban J connectivity index is 0.00000112. The Morgan fingerprint density at radius 3 is 2.93 bits per heavy atom. The summed E-state index contributed by atoms with van der Waals surface area (Å²) < 4.78 is 0. The molecule has 3 nitrogen and oxygen atoms in total. The van der Waals surface area contributed by atoms with Crippen LogP contribution in [0.3, 0.4) is 0 Å². The summed E-state index contributed by atoms with van der Waals surface area (Å²) in [5, 5.41) is 6.78. The van der Waals surface area contributed by atoms with Crippen molar-refractivity contribution in [2.24, 2.45) is 5.92 Å². The van der Waals surface area contributed by atoms with E-state index >= 15 is 0 Å². The van der Waals surface area contributed by atoms with Gasteiger partial charge in [0.05, 0.1) is 0 Å². The molecule has 0 saturated carbocycles. The van der Waals surface area contributed by atoms with Gasteiger partial charge in [-0.05, 0) is 31.8 Å². The molecule has 2 rings (SSSR count). The van der Waals surface area contributed by atoms with Crippen LogP contribution in [0.15, 0.2) is 18.3 Å². The number of rotatable bonds is 3. The summed E-state index contributed by atoms with van der Waals surface area (Å²) in [7, 11) is 0. The van der Waals surface area contributed by atoms with Crippen LogP contribution < -0.4 is 10.6 Å². The van der Waals surface area contributed by atoms with E-state index in [2.05, 4.69) is 21.8 Å². The zero-order chi connectivity index (χ0) is 9.64. The summed E-state index contributed by atoms with van der Waals surface area (Å²) in [6.07, 6.45) is 7.15. The summed E-state index contributed by atoms with van der Waals surface area (Å²) in [4.78, 5) is 3.87.